The van der Waals surface area contributed by atoms with E-state index in [0.29, 0.717) is 18.0 Å². The molecule has 1 amide bonds. The van der Waals surface area contributed by atoms with Crippen molar-refractivity contribution >= 4 is 17.6 Å². The average molecular weight is 303 g/mol. The number of ether oxygens (including phenoxy) is 1. The van der Waals surface area contributed by atoms with Crippen LogP contribution in [0.15, 0.2) is 40.8 Å². The highest BCUT2D eigenvalue weighted by Crippen LogP contribution is 2.19. The van der Waals surface area contributed by atoms with E-state index in [1.165, 1.54) is 12.1 Å². The molecule has 0 unspecified atom stereocenters. The van der Waals surface area contributed by atoms with E-state index in [9.17, 15) is 9.59 Å². The van der Waals surface area contributed by atoms with Crippen molar-refractivity contribution in [1.29, 1.82) is 0 Å². The van der Waals surface area contributed by atoms with Gasteiger partial charge in [-0.2, -0.15) is 0 Å². The van der Waals surface area contributed by atoms with Crippen LogP contribution in [-0.4, -0.2) is 23.6 Å². The first-order valence-electron chi connectivity index (χ1n) is 6.97. The lowest BCUT2D eigenvalue weighted by molar-refractivity contribution is 0.0660. The Morgan fingerprint density at radius 3 is 2.68 bits per heavy atom. The van der Waals surface area contributed by atoms with Gasteiger partial charge in [-0.1, -0.05) is 19.4 Å². The Kier molecular flexibility index (Phi) is 5.19. The van der Waals surface area contributed by atoms with Gasteiger partial charge in [-0.05, 0) is 30.7 Å². The van der Waals surface area contributed by atoms with Crippen molar-refractivity contribution in [3.8, 4) is 5.75 Å². The summed E-state index contributed by atoms with van der Waals surface area (Å²) in [6.07, 6.45) is 2.00. The number of unbranched alkanes of at least 4 members (excludes halogenated alkanes) is 1. The van der Waals surface area contributed by atoms with E-state index in [0.717, 1.165) is 12.8 Å². The Hall–Kier alpha value is -2.76. The smallest absolute Gasteiger partial charge is 0.371 e. The number of hydrogen-bond donors (Lipinski definition) is 2. The molecule has 6 heteroatoms. The molecule has 0 saturated heterocycles. The van der Waals surface area contributed by atoms with Gasteiger partial charge < -0.3 is 19.6 Å². The monoisotopic (exact) mass is 303 g/mol. The molecule has 0 aliphatic heterocycles. The summed E-state index contributed by atoms with van der Waals surface area (Å²) in [4.78, 5) is 22.7. The number of benzene rings is 1. The van der Waals surface area contributed by atoms with Crippen LogP contribution in [0.1, 0.15) is 40.9 Å². The number of carbonyl (C=O) groups excluding carboxylic acids is 1. The molecular formula is C16H17NO5. The molecule has 1 aromatic carbocycles. The first kappa shape index (κ1) is 15.6. The predicted molar refractivity (Wildman–Crippen MR) is 80.5 cm³/mol. The van der Waals surface area contributed by atoms with E-state index in [-0.39, 0.29) is 11.5 Å². The molecule has 22 heavy (non-hydrogen) atoms. The van der Waals surface area contributed by atoms with Crippen molar-refractivity contribution < 1.29 is 23.8 Å². The Morgan fingerprint density at radius 1 is 1.23 bits per heavy atom. The number of nitrogens with one attached hydrogen (secondary N) is 1. The summed E-state index contributed by atoms with van der Waals surface area (Å²) in [6.45, 7) is 2.70. The fourth-order valence-electron chi connectivity index (χ4n) is 1.77. The number of furan rings is 1. The van der Waals surface area contributed by atoms with Gasteiger partial charge in [0.05, 0.1) is 6.61 Å². The third-order valence-electron chi connectivity index (χ3n) is 2.90. The SMILES string of the molecule is CCCCOc1cccc(NC(=O)c2ccc(C(=O)O)o2)c1. The number of aromatic carboxylic acids is 1. The summed E-state index contributed by atoms with van der Waals surface area (Å²) >= 11 is 0. The first-order valence-corrected chi connectivity index (χ1v) is 6.97. The zero-order chi connectivity index (χ0) is 15.9. The van der Waals surface area contributed by atoms with E-state index in [1.54, 1.807) is 24.3 Å². The third-order valence-corrected chi connectivity index (χ3v) is 2.90. The number of carboxylic acids is 1. The van der Waals surface area contributed by atoms with E-state index in [4.69, 9.17) is 14.3 Å². The van der Waals surface area contributed by atoms with Crippen molar-refractivity contribution in [1.82, 2.24) is 0 Å². The fraction of sp³-hybridized carbons (Fsp3) is 0.250. The van der Waals surface area contributed by atoms with Crippen molar-refractivity contribution in [2.45, 2.75) is 19.8 Å². The number of anilines is 1. The van der Waals surface area contributed by atoms with Crippen molar-refractivity contribution in [2.75, 3.05) is 11.9 Å². The lowest BCUT2D eigenvalue weighted by Crippen LogP contribution is -2.11. The zero-order valence-electron chi connectivity index (χ0n) is 12.2. The molecule has 0 aliphatic carbocycles. The number of hydrogen-bond acceptors (Lipinski definition) is 4. The topological polar surface area (TPSA) is 88.8 Å². The summed E-state index contributed by atoms with van der Waals surface area (Å²) in [5.74, 6) is -1.41. The molecular weight excluding hydrogens is 286 g/mol. The molecule has 0 bridgehead atoms. The molecule has 0 spiro atoms. The van der Waals surface area contributed by atoms with E-state index in [2.05, 4.69) is 12.2 Å². The molecule has 1 aromatic heterocycles. The molecule has 2 N–H and O–H groups in total. The van der Waals surface area contributed by atoms with Gasteiger partial charge >= 0.3 is 5.97 Å². The van der Waals surface area contributed by atoms with Crippen LogP contribution >= 0.6 is 0 Å². The Balaban J connectivity index is 2.01. The molecule has 0 atom stereocenters. The Morgan fingerprint density at radius 2 is 2.00 bits per heavy atom. The van der Waals surface area contributed by atoms with Crippen LogP contribution in [0.25, 0.3) is 0 Å². The van der Waals surface area contributed by atoms with E-state index in [1.807, 2.05) is 0 Å². The lowest BCUT2D eigenvalue weighted by atomic mass is 10.3. The van der Waals surface area contributed by atoms with Crippen LogP contribution in [-0.2, 0) is 0 Å². The van der Waals surface area contributed by atoms with Crippen LogP contribution in [0.3, 0.4) is 0 Å². The normalized spacial score (nSPS) is 10.2. The van der Waals surface area contributed by atoms with Gasteiger partial charge in [0, 0.05) is 11.8 Å². The van der Waals surface area contributed by atoms with Crippen molar-refractivity contribution in [3.05, 3.63) is 47.9 Å². The molecule has 1 heterocycles. The van der Waals surface area contributed by atoms with Crippen molar-refractivity contribution in [3.63, 3.8) is 0 Å². The van der Waals surface area contributed by atoms with Gasteiger partial charge in [0.1, 0.15) is 5.75 Å². The molecule has 116 valence electrons. The number of amides is 1. The van der Waals surface area contributed by atoms with Crippen LogP contribution < -0.4 is 10.1 Å². The highest BCUT2D eigenvalue weighted by atomic mass is 16.5. The zero-order valence-corrected chi connectivity index (χ0v) is 12.2. The third kappa shape index (κ3) is 4.12. The van der Waals surface area contributed by atoms with Gasteiger partial charge in [0.15, 0.2) is 5.76 Å². The summed E-state index contributed by atoms with van der Waals surface area (Å²) in [7, 11) is 0. The molecule has 2 aromatic rings. The number of carboxylic acid groups (broad SMARTS) is 1. The highest BCUT2D eigenvalue weighted by Gasteiger charge is 2.15. The predicted octanol–water partition coefficient (Wildman–Crippen LogP) is 3.41. The second kappa shape index (κ2) is 7.31. The quantitative estimate of drug-likeness (QED) is 0.765. The summed E-state index contributed by atoms with van der Waals surface area (Å²) in [5, 5.41) is 11.4. The molecule has 6 nitrogen and oxygen atoms in total. The van der Waals surface area contributed by atoms with Gasteiger partial charge in [-0.25, -0.2) is 4.79 Å². The maximum atomic E-state index is 12.0. The molecule has 0 radical (unpaired) electrons. The lowest BCUT2D eigenvalue weighted by Gasteiger charge is -2.08. The second-order valence-corrected chi connectivity index (χ2v) is 4.65. The fourth-order valence-corrected chi connectivity index (χ4v) is 1.77. The van der Waals surface area contributed by atoms with Gasteiger partial charge in [-0.15, -0.1) is 0 Å². The number of rotatable bonds is 7. The van der Waals surface area contributed by atoms with Gasteiger partial charge in [0.2, 0.25) is 5.76 Å². The van der Waals surface area contributed by atoms with Crippen LogP contribution in [0.5, 0.6) is 5.75 Å². The summed E-state index contributed by atoms with van der Waals surface area (Å²) < 4.78 is 10.5. The molecule has 0 saturated carbocycles. The maximum absolute atomic E-state index is 12.0. The second-order valence-electron chi connectivity index (χ2n) is 4.65. The van der Waals surface area contributed by atoms with Crippen LogP contribution in [0.4, 0.5) is 5.69 Å². The summed E-state index contributed by atoms with van der Waals surface area (Å²) in [6, 6.07) is 9.55. The first-order chi connectivity index (χ1) is 10.6. The minimum atomic E-state index is -1.22. The largest absolute Gasteiger partial charge is 0.494 e. The van der Waals surface area contributed by atoms with Gasteiger partial charge in [-0.3, -0.25) is 4.79 Å². The van der Waals surface area contributed by atoms with Gasteiger partial charge in [0.25, 0.3) is 5.91 Å². The van der Waals surface area contributed by atoms with E-state index < -0.39 is 11.9 Å². The standard InChI is InChI=1S/C16H17NO5/c1-2-3-9-21-12-6-4-5-11(10-12)17-15(18)13-7-8-14(22-13)16(19)20/h4-8,10H,2-3,9H2,1H3,(H,17,18)(H,19,20). The summed E-state index contributed by atoms with van der Waals surface area (Å²) in [5.41, 5.74) is 0.548. The Labute approximate surface area is 127 Å². The Bertz CT molecular complexity index is 662. The van der Waals surface area contributed by atoms with Crippen molar-refractivity contribution in [2.24, 2.45) is 0 Å². The number of carbonyl (C=O) groups is 2. The minimum Gasteiger partial charge on any atom is -0.494 e. The molecule has 0 aliphatic rings. The average Bonchev–Trinajstić information content (AvgIpc) is 2.98. The minimum absolute atomic E-state index is 0.0605. The van der Waals surface area contributed by atoms with Crippen LogP contribution in [0.2, 0.25) is 0 Å². The molecule has 2 rings (SSSR count). The van der Waals surface area contributed by atoms with E-state index >= 15 is 0 Å². The molecule has 0 fully saturated rings. The highest BCUT2D eigenvalue weighted by molar-refractivity contribution is 6.03. The van der Waals surface area contributed by atoms with Crippen LogP contribution in [0, 0.1) is 0 Å². The maximum Gasteiger partial charge on any atom is 0.371 e.